The number of methoxy groups -OCH3 is 1. The second kappa shape index (κ2) is 7.79. The molecule has 0 saturated heterocycles. The lowest BCUT2D eigenvalue weighted by Gasteiger charge is -2.16. The zero-order valence-electron chi connectivity index (χ0n) is 16.0. The molecule has 8 heteroatoms. The summed E-state index contributed by atoms with van der Waals surface area (Å²) < 4.78 is 12.2. The molecule has 0 radical (unpaired) electrons. The van der Waals surface area contributed by atoms with Crippen LogP contribution in [0.5, 0.6) is 0 Å². The first kappa shape index (κ1) is 18.9. The molecule has 3 rings (SSSR count). The van der Waals surface area contributed by atoms with E-state index in [1.165, 1.54) is 0 Å². The van der Waals surface area contributed by atoms with E-state index in [1.807, 2.05) is 13.8 Å². The third-order valence-electron chi connectivity index (χ3n) is 4.71. The molecule has 27 heavy (non-hydrogen) atoms. The Bertz CT molecular complexity index is 1000. The fraction of sp³-hybridized carbons (Fsp3) is 0.421. The quantitative estimate of drug-likeness (QED) is 0.660. The smallest absolute Gasteiger partial charge is 0.253 e. The number of ether oxygens (including phenoxy) is 1. The van der Waals surface area contributed by atoms with Crippen molar-refractivity contribution in [2.24, 2.45) is 7.05 Å². The third-order valence-corrected chi connectivity index (χ3v) is 4.71. The van der Waals surface area contributed by atoms with Crippen LogP contribution in [0.25, 0.3) is 11.0 Å². The third kappa shape index (κ3) is 3.80. The van der Waals surface area contributed by atoms with Gasteiger partial charge in [-0.05, 0) is 38.0 Å². The Morgan fingerprint density at radius 2 is 2.22 bits per heavy atom. The van der Waals surface area contributed by atoms with Crippen molar-refractivity contribution in [2.45, 2.75) is 32.7 Å². The maximum atomic E-state index is 12.5. The second-order valence-electron chi connectivity index (χ2n) is 6.58. The molecule has 0 bridgehead atoms. The Labute approximate surface area is 156 Å². The molecule has 1 amide bonds. The largest absolute Gasteiger partial charge is 0.467 e. The van der Waals surface area contributed by atoms with Gasteiger partial charge in [-0.1, -0.05) is 0 Å². The number of carbonyl (C=O) groups excluding carboxylic acids is 1. The molecule has 3 aromatic heterocycles. The van der Waals surface area contributed by atoms with Crippen LogP contribution >= 0.6 is 0 Å². The highest BCUT2D eigenvalue weighted by Crippen LogP contribution is 2.21. The standard InChI is InChI=1S/C19H24N4O4/c1-11-13(19(25)21-18-17(11)12(2)22-23(18)3)7-8-16(24)20-14(10-26-4)15-6-5-9-27-15/h5-6,9,14H,7-8,10H2,1-4H3,(H,20,24)(H,21,25)/t14-/m1/s1. The van der Waals surface area contributed by atoms with E-state index >= 15 is 0 Å². The summed E-state index contributed by atoms with van der Waals surface area (Å²) in [5.74, 6) is 0.460. The lowest BCUT2D eigenvalue weighted by molar-refractivity contribution is -0.122. The fourth-order valence-corrected chi connectivity index (χ4v) is 3.41. The Hall–Kier alpha value is -2.87. The number of nitrogens with zero attached hydrogens (tertiary/aromatic N) is 2. The van der Waals surface area contributed by atoms with Crippen LogP contribution in [0.15, 0.2) is 27.6 Å². The Morgan fingerprint density at radius 1 is 1.44 bits per heavy atom. The van der Waals surface area contributed by atoms with Crippen molar-refractivity contribution in [3.63, 3.8) is 0 Å². The molecule has 3 aromatic rings. The number of nitrogens with one attached hydrogen (secondary N) is 2. The Morgan fingerprint density at radius 3 is 2.89 bits per heavy atom. The molecule has 0 saturated carbocycles. The molecule has 0 aliphatic carbocycles. The summed E-state index contributed by atoms with van der Waals surface area (Å²) in [6.45, 7) is 4.11. The summed E-state index contributed by atoms with van der Waals surface area (Å²) in [6.07, 6.45) is 2.09. The topological polar surface area (TPSA) is 102 Å². The molecule has 1 atom stereocenters. The zero-order chi connectivity index (χ0) is 19.6. The summed E-state index contributed by atoms with van der Waals surface area (Å²) in [7, 11) is 3.36. The normalized spacial score (nSPS) is 12.4. The van der Waals surface area contributed by atoms with Gasteiger partial charge in [0.1, 0.15) is 17.4 Å². The van der Waals surface area contributed by atoms with Crippen LogP contribution in [0.2, 0.25) is 0 Å². The lowest BCUT2D eigenvalue weighted by atomic mass is 10.0. The first-order valence-electron chi connectivity index (χ1n) is 8.79. The summed E-state index contributed by atoms with van der Waals surface area (Å²) in [5, 5.41) is 8.19. The van der Waals surface area contributed by atoms with Crippen molar-refractivity contribution < 1.29 is 13.9 Å². The molecular formula is C19H24N4O4. The number of aryl methyl sites for hydroxylation is 3. The van der Waals surface area contributed by atoms with Crippen LogP contribution in [0.1, 0.15) is 35.0 Å². The van der Waals surface area contributed by atoms with Crippen molar-refractivity contribution >= 4 is 16.9 Å². The van der Waals surface area contributed by atoms with Gasteiger partial charge in [0.15, 0.2) is 0 Å². The van der Waals surface area contributed by atoms with Gasteiger partial charge in [-0.15, -0.1) is 0 Å². The first-order valence-corrected chi connectivity index (χ1v) is 8.79. The van der Waals surface area contributed by atoms with Crippen molar-refractivity contribution in [3.05, 3.63) is 51.3 Å². The van der Waals surface area contributed by atoms with E-state index in [0.29, 0.717) is 30.0 Å². The van der Waals surface area contributed by atoms with Crippen LogP contribution in [0.4, 0.5) is 0 Å². The predicted molar refractivity (Wildman–Crippen MR) is 101 cm³/mol. The van der Waals surface area contributed by atoms with Gasteiger partial charge in [0.25, 0.3) is 5.56 Å². The number of aromatic amines is 1. The van der Waals surface area contributed by atoms with Gasteiger partial charge < -0.3 is 19.5 Å². The number of amides is 1. The van der Waals surface area contributed by atoms with Gasteiger partial charge in [-0.3, -0.25) is 14.3 Å². The number of rotatable bonds is 7. The highest BCUT2D eigenvalue weighted by molar-refractivity contribution is 5.83. The van der Waals surface area contributed by atoms with Gasteiger partial charge in [0.2, 0.25) is 5.91 Å². The lowest BCUT2D eigenvalue weighted by Crippen LogP contribution is -2.31. The average molecular weight is 372 g/mol. The molecular weight excluding hydrogens is 348 g/mol. The molecule has 0 aromatic carbocycles. The van der Waals surface area contributed by atoms with Gasteiger partial charge >= 0.3 is 0 Å². The molecule has 0 aliphatic heterocycles. The number of pyridine rings is 1. The summed E-state index contributed by atoms with van der Waals surface area (Å²) in [6, 6.07) is 3.19. The molecule has 0 spiro atoms. The average Bonchev–Trinajstić information content (AvgIpc) is 3.23. The van der Waals surface area contributed by atoms with E-state index in [2.05, 4.69) is 15.4 Å². The van der Waals surface area contributed by atoms with E-state index in [0.717, 1.165) is 16.6 Å². The number of carbonyl (C=O) groups is 1. The molecule has 0 fully saturated rings. The molecule has 0 unspecified atom stereocenters. The van der Waals surface area contributed by atoms with E-state index in [9.17, 15) is 9.59 Å². The summed E-state index contributed by atoms with van der Waals surface area (Å²) in [5.41, 5.74) is 2.84. The number of hydrogen-bond acceptors (Lipinski definition) is 5. The van der Waals surface area contributed by atoms with E-state index in [4.69, 9.17) is 9.15 Å². The van der Waals surface area contributed by atoms with Crippen LogP contribution in [-0.4, -0.2) is 34.4 Å². The minimum Gasteiger partial charge on any atom is -0.467 e. The van der Waals surface area contributed by atoms with Crippen molar-refractivity contribution in [1.82, 2.24) is 20.1 Å². The Kier molecular flexibility index (Phi) is 5.46. The number of furan rings is 1. The van der Waals surface area contributed by atoms with Crippen LogP contribution in [-0.2, 0) is 23.0 Å². The van der Waals surface area contributed by atoms with Gasteiger partial charge in [0.05, 0.1) is 18.6 Å². The van der Waals surface area contributed by atoms with Crippen LogP contribution < -0.4 is 10.9 Å². The summed E-state index contributed by atoms with van der Waals surface area (Å²) >= 11 is 0. The zero-order valence-corrected chi connectivity index (χ0v) is 16.0. The SMILES string of the molecule is COC[C@@H](NC(=O)CCc1c(C)c2c(C)nn(C)c2[nH]c1=O)c1ccco1. The second-order valence-corrected chi connectivity index (χ2v) is 6.58. The highest BCUT2D eigenvalue weighted by Gasteiger charge is 2.19. The van der Waals surface area contributed by atoms with Crippen molar-refractivity contribution in [1.29, 1.82) is 0 Å². The molecule has 0 aliphatic rings. The maximum absolute atomic E-state index is 12.5. The van der Waals surface area contributed by atoms with Crippen molar-refractivity contribution in [3.8, 4) is 0 Å². The minimum atomic E-state index is -0.361. The summed E-state index contributed by atoms with van der Waals surface area (Å²) in [4.78, 5) is 27.8. The van der Waals surface area contributed by atoms with Crippen LogP contribution in [0.3, 0.4) is 0 Å². The van der Waals surface area contributed by atoms with Crippen molar-refractivity contribution in [2.75, 3.05) is 13.7 Å². The van der Waals surface area contributed by atoms with E-state index in [-0.39, 0.29) is 23.9 Å². The molecule has 3 heterocycles. The maximum Gasteiger partial charge on any atom is 0.253 e. The number of H-pyrrole nitrogens is 1. The Balaban J connectivity index is 1.75. The van der Waals surface area contributed by atoms with Gasteiger partial charge in [-0.25, -0.2) is 0 Å². The number of fused-ring (bicyclic) bond motifs is 1. The molecule has 2 N–H and O–H groups in total. The highest BCUT2D eigenvalue weighted by atomic mass is 16.5. The molecule has 8 nitrogen and oxygen atoms in total. The van der Waals surface area contributed by atoms with Gasteiger partial charge in [0, 0.05) is 31.5 Å². The number of hydrogen-bond donors (Lipinski definition) is 2. The van der Waals surface area contributed by atoms with E-state index < -0.39 is 0 Å². The predicted octanol–water partition coefficient (Wildman–Crippen LogP) is 1.91. The van der Waals surface area contributed by atoms with Crippen LogP contribution in [0, 0.1) is 13.8 Å². The monoisotopic (exact) mass is 372 g/mol. The fourth-order valence-electron chi connectivity index (χ4n) is 3.41. The first-order chi connectivity index (χ1) is 12.9. The van der Waals surface area contributed by atoms with Gasteiger partial charge in [-0.2, -0.15) is 5.10 Å². The number of aromatic nitrogens is 3. The molecule has 144 valence electrons. The van der Waals surface area contributed by atoms with E-state index in [1.54, 1.807) is 37.2 Å². The minimum absolute atomic E-state index is 0.171.